The van der Waals surface area contributed by atoms with Crippen LogP contribution < -0.4 is 4.90 Å². The Bertz CT molecular complexity index is 2460. The zero-order chi connectivity index (χ0) is 37.6. The van der Waals surface area contributed by atoms with E-state index in [2.05, 4.69) is 233 Å². The van der Waals surface area contributed by atoms with Crippen LogP contribution in [0.2, 0.25) is 0 Å². The van der Waals surface area contributed by atoms with Gasteiger partial charge in [-0.15, -0.1) is 0 Å². The maximum atomic E-state index is 2.45. The molecule has 0 atom stereocenters. The molecule has 0 spiro atoms. The minimum Gasteiger partial charge on any atom is -0.310 e. The molecule has 0 saturated heterocycles. The lowest BCUT2D eigenvalue weighted by atomic mass is 9.64. The normalized spacial score (nSPS) is 12.9. The van der Waals surface area contributed by atoms with E-state index < -0.39 is 5.41 Å². The molecule has 0 unspecified atom stereocenters. The Balaban J connectivity index is 1.29. The summed E-state index contributed by atoms with van der Waals surface area (Å²) in [5.74, 6) is 0. The molecule has 9 rings (SSSR count). The zero-order valence-electron chi connectivity index (χ0n) is 32.0. The van der Waals surface area contributed by atoms with E-state index in [1.807, 2.05) is 0 Å². The number of aryl methyl sites for hydroxylation is 1. The summed E-state index contributed by atoms with van der Waals surface area (Å²) >= 11 is 0. The van der Waals surface area contributed by atoms with Crippen LogP contribution in [0.15, 0.2) is 200 Å². The summed E-state index contributed by atoms with van der Waals surface area (Å²) in [4.78, 5) is 2.41. The lowest BCUT2D eigenvalue weighted by molar-refractivity contribution is 0.572. The maximum Gasteiger partial charge on any atom is 0.0716 e. The van der Waals surface area contributed by atoms with Gasteiger partial charge < -0.3 is 4.90 Å². The molecule has 0 amide bonds. The van der Waals surface area contributed by atoms with Crippen LogP contribution in [0.25, 0.3) is 33.4 Å². The molecule has 0 aromatic heterocycles. The molecular weight excluding hydrogens is 663 g/mol. The molecule has 1 nitrogen and oxygen atoms in total. The van der Waals surface area contributed by atoms with Crippen molar-refractivity contribution in [2.45, 2.75) is 38.5 Å². The summed E-state index contributed by atoms with van der Waals surface area (Å²) in [6.45, 7) is 9.32. The van der Waals surface area contributed by atoms with Crippen LogP contribution in [0.4, 0.5) is 17.1 Å². The number of benzene rings is 8. The monoisotopic (exact) mass is 707 g/mol. The average molecular weight is 708 g/mol. The van der Waals surface area contributed by atoms with Crippen LogP contribution in [-0.4, -0.2) is 0 Å². The molecule has 0 aliphatic heterocycles. The molecule has 55 heavy (non-hydrogen) atoms. The number of rotatable bonds is 7. The van der Waals surface area contributed by atoms with Gasteiger partial charge in [0.15, 0.2) is 0 Å². The lowest BCUT2D eigenvalue weighted by Gasteiger charge is -2.38. The van der Waals surface area contributed by atoms with E-state index in [9.17, 15) is 0 Å². The van der Waals surface area contributed by atoms with Gasteiger partial charge in [0.1, 0.15) is 0 Å². The van der Waals surface area contributed by atoms with Crippen LogP contribution in [0, 0.1) is 6.92 Å². The highest BCUT2D eigenvalue weighted by Gasteiger charge is 2.49. The Morgan fingerprint density at radius 2 is 0.818 bits per heavy atom. The molecule has 0 radical (unpaired) electrons. The summed E-state index contributed by atoms with van der Waals surface area (Å²) in [5, 5.41) is 0. The first kappa shape index (κ1) is 34.3. The Morgan fingerprint density at radius 3 is 1.27 bits per heavy atom. The third kappa shape index (κ3) is 5.97. The van der Waals surface area contributed by atoms with E-state index in [1.54, 1.807) is 0 Å². The number of hydrogen-bond donors (Lipinski definition) is 0. The number of hydrogen-bond acceptors (Lipinski definition) is 1. The van der Waals surface area contributed by atoms with E-state index in [0.29, 0.717) is 0 Å². The third-order valence-corrected chi connectivity index (χ3v) is 11.3. The van der Waals surface area contributed by atoms with Gasteiger partial charge in [0, 0.05) is 17.1 Å². The molecule has 8 aromatic rings. The second kappa shape index (κ2) is 13.8. The Morgan fingerprint density at radius 1 is 0.400 bits per heavy atom. The molecule has 266 valence electrons. The van der Waals surface area contributed by atoms with Crippen molar-refractivity contribution in [3.63, 3.8) is 0 Å². The SMILES string of the molecule is Cc1cc2c(c(C(C)(C)C)c1)C(c1ccccc1)(c1ccccc1)c1ccc(N(c3ccc(-c4ccccc4)cc3)c3ccc(-c4ccccc4)cc3)cc1-2. The minimum atomic E-state index is -0.485. The number of fused-ring (bicyclic) bond motifs is 3. The van der Waals surface area contributed by atoms with Crippen molar-refractivity contribution in [1.29, 1.82) is 0 Å². The predicted octanol–water partition coefficient (Wildman–Crippen LogP) is 14.5. The van der Waals surface area contributed by atoms with Gasteiger partial charge in [-0.05, 0) is 110 Å². The van der Waals surface area contributed by atoms with Crippen molar-refractivity contribution in [2.24, 2.45) is 0 Å². The third-order valence-electron chi connectivity index (χ3n) is 11.3. The topological polar surface area (TPSA) is 3.24 Å². The standard InChI is InChI=1S/C54H45N/c1-38-35-49-48-37-47(33-34-50(48)54(43-21-13-7-14-22-43,44-23-15-8-16-24-44)52(49)51(36-38)53(2,3)4)55(45-29-25-41(26-30-45)39-17-9-5-10-18-39)46-31-27-42(28-32-46)40-19-11-6-12-20-40/h5-37H,1-4H3. The molecule has 1 heteroatoms. The minimum absolute atomic E-state index is 0.0805. The van der Waals surface area contributed by atoms with Crippen LogP contribution >= 0.6 is 0 Å². The highest BCUT2D eigenvalue weighted by molar-refractivity contribution is 5.92. The molecule has 0 bridgehead atoms. The van der Waals surface area contributed by atoms with Crippen LogP contribution in [0.1, 0.15) is 54.2 Å². The Hall–Kier alpha value is -6.44. The maximum absolute atomic E-state index is 2.45. The molecule has 0 saturated carbocycles. The highest BCUT2D eigenvalue weighted by Crippen LogP contribution is 2.59. The summed E-state index contributed by atoms with van der Waals surface area (Å²) in [6, 6.07) is 73.6. The summed E-state index contributed by atoms with van der Waals surface area (Å²) in [6.07, 6.45) is 0. The lowest BCUT2D eigenvalue weighted by Crippen LogP contribution is -2.32. The van der Waals surface area contributed by atoms with Gasteiger partial charge in [-0.2, -0.15) is 0 Å². The first-order valence-electron chi connectivity index (χ1n) is 19.3. The summed E-state index contributed by atoms with van der Waals surface area (Å²) in [5.41, 5.74) is 18.2. The van der Waals surface area contributed by atoms with Gasteiger partial charge in [-0.1, -0.05) is 190 Å². The smallest absolute Gasteiger partial charge is 0.0716 e. The van der Waals surface area contributed by atoms with Crippen LogP contribution in [-0.2, 0) is 10.8 Å². The van der Waals surface area contributed by atoms with Gasteiger partial charge in [0.25, 0.3) is 0 Å². The molecular formula is C54H45N. The van der Waals surface area contributed by atoms with E-state index >= 15 is 0 Å². The fourth-order valence-corrected chi connectivity index (χ4v) is 8.81. The van der Waals surface area contributed by atoms with E-state index in [0.717, 1.165) is 17.1 Å². The van der Waals surface area contributed by atoms with Gasteiger partial charge in [0.05, 0.1) is 5.41 Å². The number of anilines is 3. The van der Waals surface area contributed by atoms with Crippen molar-refractivity contribution in [3.05, 3.63) is 234 Å². The molecule has 0 fully saturated rings. The summed E-state index contributed by atoms with van der Waals surface area (Å²) in [7, 11) is 0. The van der Waals surface area contributed by atoms with Crippen molar-refractivity contribution in [3.8, 4) is 33.4 Å². The largest absolute Gasteiger partial charge is 0.310 e. The van der Waals surface area contributed by atoms with Crippen molar-refractivity contribution in [1.82, 2.24) is 0 Å². The molecule has 8 aromatic carbocycles. The first-order chi connectivity index (χ1) is 26.8. The Kier molecular flexibility index (Phi) is 8.59. The first-order valence-corrected chi connectivity index (χ1v) is 19.3. The zero-order valence-corrected chi connectivity index (χ0v) is 32.0. The Labute approximate surface area is 326 Å². The second-order valence-corrected chi connectivity index (χ2v) is 15.9. The van der Waals surface area contributed by atoms with Crippen molar-refractivity contribution < 1.29 is 0 Å². The quantitative estimate of drug-likeness (QED) is 0.159. The number of nitrogens with zero attached hydrogens (tertiary/aromatic N) is 1. The van der Waals surface area contributed by atoms with Gasteiger partial charge in [-0.25, -0.2) is 0 Å². The summed E-state index contributed by atoms with van der Waals surface area (Å²) < 4.78 is 0. The fraction of sp³-hybridized carbons (Fsp3) is 0.111. The van der Waals surface area contributed by atoms with Crippen LogP contribution in [0.5, 0.6) is 0 Å². The molecule has 0 N–H and O–H groups in total. The van der Waals surface area contributed by atoms with Crippen LogP contribution in [0.3, 0.4) is 0 Å². The fourth-order valence-electron chi connectivity index (χ4n) is 8.81. The predicted molar refractivity (Wildman–Crippen MR) is 233 cm³/mol. The second-order valence-electron chi connectivity index (χ2n) is 15.9. The van der Waals surface area contributed by atoms with Gasteiger partial charge >= 0.3 is 0 Å². The molecule has 1 aliphatic carbocycles. The average Bonchev–Trinajstić information content (AvgIpc) is 3.52. The van der Waals surface area contributed by atoms with E-state index in [1.165, 1.54) is 66.8 Å². The molecule has 1 aliphatic rings. The van der Waals surface area contributed by atoms with Gasteiger partial charge in [0.2, 0.25) is 0 Å². The van der Waals surface area contributed by atoms with Gasteiger partial charge in [-0.3, -0.25) is 0 Å². The highest BCUT2D eigenvalue weighted by atomic mass is 15.1. The molecule has 0 heterocycles. The van der Waals surface area contributed by atoms with E-state index in [4.69, 9.17) is 0 Å². The van der Waals surface area contributed by atoms with E-state index in [-0.39, 0.29) is 5.41 Å². The van der Waals surface area contributed by atoms with Crippen molar-refractivity contribution in [2.75, 3.05) is 4.90 Å². The van der Waals surface area contributed by atoms with Crippen molar-refractivity contribution >= 4 is 17.1 Å².